The normalized spacial score (nSPS) is 19.6. The van der Waals surface area contributed by atoms with Crippen molar-refractivity contribution in [2.24, 2.45) is 10.7 Å². The summed E-state index contributed by atoms with van der Waals surface area (Å²) in [6.45, 7) is 0.589. The van der Waals surface area contributed by atoms with E-state index >= 15 is 0 Å². The van der Waals surface area contributed by atoms with E-state index in [0.29, 0.717) is 11.0 Å². The van der Waals surface area contributed by atoms with Crippen LogP contribution in [0.15, 0.2) is 47.7 Å². The van der Waals surface area contributed by atoms with Gasteiger partial charge in [0.05, 0.1) is 26.2 Å². The third kappa shape index (κ3) is 1.92. The molecular formula is C13H18N3+. The molecule has 2 rings (SSSR count). The molecule has 3 nitrogen and oxygen atoms in total. The molecule has 0 saturated heterocycles. The Kier molecular flexibility index (Phi) is 2.90. The Balaban J connectivity index is 2.32. The van der Waals surface area contributed by atoms with Crippen LogP contribution >= 0.6 is 0 Å². The third-order valence-electron chi connectivity index (χ3n) is 2.99. The minimum atomic E-state index is 0.200. The smallest absolute Gasteiger partial charge is 0.216 e. The molecule has 3 heteroatoms. The molecule has 1 aromatic rings. The van der Waals surface area contributed by atoms with Gasteiger partial charge in [-0.3, -0.25) is 4.48 Å². The molecule has 0 aromatic heterocycles. The molecule has 0 amide bonds. The first-order valence-electron chi connectivity index (χ1n) is 5.50. The van der Waals surface area contributed by atoms with Crippen LogP contribution in [0.2, 0.25) is 0 Å². The van der Waals surface area contributed by atoms with E-state index in [-0.39, 0.29) is 5.92 Å². The molecule has 84 valence electrons. The fraction of sp³-hybridized carbons (Fsp3) is 0.308. The molecule has 0 aliphatic carbocycles. The topological polar surface area (TPSA) is 38.4 Å². The van der Waals surface area contributed by atoms with Crippen molar-refractivity contribution in [2.45, 2.75) is 5.92 Å². The zero-order valence-electron chi connectivity index (χ0n) is 9.80. The van der Waals surface area contributed by atoms with Gasteiger partial charge < -0.3 is 5.73 Å². The van der Waals surface area contributed by atoms with Crippen LogP contribution < -0.4 is 5.73 Å². The van der Waals surface area contributed by atoms with E-state index in [9.17, 15) is 0 Å². The van der Waals surface area contributed by atoms with Crippen LogP contribution in [0.25, 0.3) is 0 Å². The van der Waals surface area contributed by atoms with Crippen molar-refractivity contribution < 1.29 is 4.48 Å². The van der Waals surface area contributed by atoms with Crippen molar-refractivity contribution in [3.05, 3.63) is 48.3 Å². The van der Waals surface area contributed by atoms with Gasteiger partial charge in [-0.1, -0.05) is 30.3 Å². The Bertz CT molecular complexity index is 418. The van der Waals surface area contributed by atoms with Crippen LogP contribution in [0.3, 0.4) is 0 Å². The molecule has 1 heterocycles. The highest BCUT2D eigenvalue weighted by molar-refractivity contribution is 5.85. The van der Waals surface area contributed by atoms with Gasteiger partial charge in [0.2, 0.25) is 5.84 Å². The Morgan fingerprint density at radius 3 is 2.44 bits per heavy atom. The number of nitrogens with zero attached hydrogens (tertiary/aromatic N) is 2. The minimum Gasteiger partial charge on any atom is -0.329 e. The van der Waals surface area contributed by atoms with Gasteiger partial charge in [0.15, 0.2) is 0 Å². The van der Waals surface area contributed by atoms with E-state index in [0.717, 1.165) is 5.84 Å². The maximum atomic E-state index is 5.89. The molecule has 0 bridgehead atoms. The highest BCUT2D eigenvalue weighted by Crippen LogP contribution is 2.24. The first-order chi connectivity index (χ1) is 7.65. The second kappa shape index (κ2) is 4.20. The molecule has 0 fully saturated rings. The fourth-order valence-electron chi connectivity index (χ4n) is 2.07. The van der Waals surface area contributed by atoms with E-state index in [2.05, 4.69) is 37.4 Å². The van der Waals surface area contributed by atoms with Crippen molar-refractivity contribution >= 4 is 5.84 Å². The lowest BCUT2D eigenvalue weighted by molar-refractivity contribution is -0.741. The number of hydrogen-bond donors (Lipinski definition) is 1. The Morgan fingerprint density at radius 1 is 1.25 bits per heavy atom. The molecule has 0 spiro atoms. The molecule has 1 aliphatic heterocycles. The summed E-state index contributed by atoms with van der Waals surface area (Å²) in [5.74, 6) is 1.31. The monoisotopic (exact) mass is 216 g/mol. The fourth-order valence-corrected chi connectivity index (χ4v) is 2.07. The number of benzene rings is 1. The summed E-state index contributed by atoms with van der Waals surface area (Å²) < 4.78 is 0.691. The largest absolute Gasteiger partial charge is 0.329 e. The second-order valence-electron chi connectivity index (χ2n) is 4.52. The standard InChI is InChI=1S/C13H18N3/c1-16(2)9-8-15-13(16)12(10-14)11-6-4-3-5-7-11/h3-9,12H,10,14H2,1-2H3/q+1. The van der Waals surface area contributed by atoms with Crippen LogP contribution in [-0.4, -0.2) is 31.0 Å². The van der Waals surface area contributed by atoms with Gasteiger partial charge in [-0.15, -0.1) is 0 Å². The van der Waals surface area contributed by atoms with E-state index < -0.39 is 0 Å². The summed E-state index contributed by atoms with van der Waals surface area (Å²) in [6.07, 6.45) is 3.93. The number of aliphatic imine (C=N–C) groups is 1. The predicted molar refractivity (Wildman–Crippen MR) is 66.9 cm³/mol. The average Bonchev–Trinajstić information content (AvgIpc) is 2.62. The quantitative estimate of drug-likeness (QED) is 0.767. The Morgan fingerprint density at radius 2 is 1.94 bits per heavy atom. The number of quaternary nitrogens is 1. The van der Waals surface area contributed by atoms with E-state index in [1.54, 1.807) is 0 Å². The highest BCUT2D eigenvalue weighted by atomic mass is 15.4. The summed E-state index contributed by atoms with van der Waals surface area (Å²) in [7, 11) is 4.24. The van der Waals surface area contributed by atoms with Crippen molar-refractivity contribution in [1.29, 1.82) is 0 Å². The van der Waals surface area contributed by atoms with Gasteiger partial charge in [-0.2, -0.15) is 0 Å². The number of nitrogens with two attached hydrogens (primary N) is 1. The van der Waals surface area contributed by atoms with Crippen LogP contribution in [0, 0.1) is 0 Å². The lowest BCUT2D eigenvalue weighted by Crippen LogP contribution is -2.43. The molecule has 0 saturated carbocycles. The van der Waals surface area contributed by atoms with Crippen molar-refractivity contribution in [2.75, 3.05) is 20.6 Å². The summed E-state index contributed by atoms with van der Waals surface area (Å²) in [4.78, 5) is 4.46. The lowest BCUT2D eigenvalue weighted by atomic mass is 9.97. The average molecular weight is 216 g/mol. The van der Waals surface area contributed by atoms with Crippen LogP contribution in [0.5, 0.6) is 0 Å². The zero-order valence-corrected chi connectivity index (χ0v) is 9.80. The second-order valence-corrected chi connectivity index (χ2v) is 4.52. The first kappa shape index (κ1) is 11.0. The Labute approximate surface area is 96.5 Å². The summed E-state index contributed by atoms with van der Waals surface area (Å²) in [5, 5.41) is 0. The molecular weight excluding hydrogens is 198 g/mol. The van der Waals surface area contributed by atoms with Gasteiger partial charge >= 0.3 is 0 Å². The first-order valence-corrected chi connectivity index (χ1v) is 5.50. The molecule has 1 unspecified atom stereocenters. The maximum Gasteiger partial charge on any atom is 0.216 e. The molecule has 1 aliphatic rings. The minimum absolute atomic E-state index is 0.200. The van der Waals surface area contributed by atoms with Gasteiger partial charge in [0.1, 0.15) is 6.20 Å². The molecule has 0 radical (unpaired) electrons. The van der Waals surface area contributed by atoms with Crippen molar-refractivity contribution in [3.8, 4) is 0 Å². The number of rotatable bonds is 3. The van der Waals surface area contributed by atoms with Gasteiger partial charge in [0.25, 0.3) is 0 Å². The zero-order chi connectivity index (χ0) is 11.6. The number of hydrogen-bond acceptors (Lipinski definition) is 2. The van der Waals surface area contributed by atoms with Crippen molar-refractivity contribution in [1.82, 2.24) is 0 Å². The highest BCUT2D eigenvalue weighted by Gasteiger charge is 2.33. The Hall–Kier alpha value is -1.45. The third-order valence-corrected chi connectivity index (χ3v) is 2.99. The van der Waals surface area contributed by atoms with Gasteiger partial charge in [0, 0.05) is 6.54 Å². The van der Waals surface area contributed by atoms with Gasteiger partial charge in [-0.25, -0.2) is 4.99 Å². The number of amidine groups is 1. The molecule has 1 atom stereocenters. The van der Waals surface area contributed by atoms with E-state index in [4.69, 9.17) is 5.73 Å². The van der Waals surface area contributed by atoms with Crippen molar-refractivity contribution in [3.63, 3.8) is 0 Å². The van der Waals surface area contributed by atoms with Crippen LogP contribution in [0.4, 0.5) is 0 Å². The molecule has 16 heavy (non-hydrogen) atoms. The predicted octanol–water partition coefficient (Wildman–Crippen LogP) is 1.69. The van der Waals surface area contributed by atoms with Crippen LogP contribution in [0.1, 0.15) is 11.5 Å². The molecule has 1 aromatic carbocycles. The SMILES string of the molecule is C[N+]1(C)C=CN=C1C(CN)c1ccccc1. The molecule has 2 N–H and O–H groups in total. The number of likely N-dealkylation sites (N-methyl/N-ethyl adjacent to an activating group) is 1. The summed E-state index contributed by atoms with van der Waals surface area (Å²) in [5.41, 5.74) is 7.12. The lowest BCUT2D eigenvalue weighted by Gasteiger charge is -2.27. The summed E-state index contributed by atoms with van der Waals surface area (Å²) in [6, 6.07) is 10.3. The maximum absolute atomic E-state index is 5.89. The van der Waals surface area contributed by atoms with Crippen LogP contribution in [-0.2, 0) is 0 Å². The van der Waals surface area contributed by atoms with Gasteiger partial charge in [-0.05, 0) is 5.56 Å². The van der Waals surface area contributed by atoms with E-state index in [1.807, 2.05) is 24.4 Å². The van der Waals surface area contributed by atoms with E-state index in [1.165, 1.54) is 5.56 Å². The summed E-state index contributed by atoms with van der Waals surface area (Å²) >= 11 is 0.